The van der Waals surface area contributed by atoms with Crippen molar-refractivity contribution in [2.45, 2.75) is 6.92 Å². The third-order valence-electron chi connectivity index (χ3n) is 3.45. The van der Waals surface area contributed by atoms with Gasteiger partial charge in [0.1, 0.15) is 5.69 Å². The lowest BCUT2D eigenvalue weighted by molar-refractivity contribution is -0.384. The highest BCUT2D eigenvalue weighted by Gasteiger charge is 2.26. The lowest BCUT2D eigenvalue weighted by atomic mass is 10.1. The van der Waals surface area contributed by atoms with Gasteiger partial charge in [-0.1, -0.05) is 0 Å². The van der Waals surface area contributed by atoms with Crippen LogP contribution in [0, 0.1) is 21.4 Å². The molecule has 1 saturated heterocycles. The number of rotatable bonds is 3. The summed E-state index contributed by atoms with van der Waals surface area (Å²) in [6.45, 7) is 3.90. The number of nitriles is 1. The van der Waals surface area contributed by atoms with Crippen molar-refractivity contribution in [2.75, 3.05) is 37.7 Å². The number of benzene rings is 1. The number of anilines is 1. The van der Waals surface area contributed by atoms with Crippen molar-refractivity contribution in [3.05, 3.63) is 33.9 Å². The molecule has 0 bridgehead atoms. The van der Waals surface area contributed by atoms with Crippen LogP contribution in [0.3, 0.4) is 0 Å². The molecule has 1 amide bonds. The molecule has 8 heteroatoms. The molecule has 1 aromatic rings. The van der Waals surface area contributed by atoms with Crippen molar-refractivity contribution < 1.29 is 14.5 Å². The summed E-state index contributed by atoms with van der Waals surface area (Å²) in [6.07, 6.45) is -0.364. The number of piperazine rings is 1. The van der Waals surface area contributed by atoms with Gasteiger partial charge in [-0.3, -0.25) is 10.1 Å². The monoisotopic (exact) mass is 304 g/mol. The summed E-state index contributed by atoms with van der Waals surface area (Å²) < 4.78 is 4.94. The Kier molecular flexibility index (Phi) is 4.78. The highest BCUT2D eigenvalue weighted by Crippen LogP contribution is 2.29. The number of carbonyl (C=O) groups excluding carboxylic acids is 1. The SMILES string of the molecule is CCOC(=O)N1CCN(c2ccc(C#N)cc2[N+](=O)[O-])CC1. The van der Waals surface area contributed by atoms with Crippen molar-refractivity contribution in [2.24, 2.45) is 0 Å². The molecule has 0 spiro atoms. The Bertz CT molecular complexity index is 618. The Labute approximate surface area is 127 Å². The van der Waals surface area contributed by atoms with E-state index >= 15 is 0 Å². The van der Waals surface area contributed by atoms with Gasteiger partial charge in [0.2, 0.25) is 0 Å². The van der Waals surface area contributed by atoms with Crippen LogP contribution in [0.4, 0.5) is 16.2 Å². The van der Waals surface area contributed by atoms with Gasteiger partial charge in [-0.05, 0) is 19.1 Å². The second kappa shape index (κ2) is 6.76. The Hall–Kier alpha value is -2.82. The molecule has 1 aliphatic heterocycles. The third kappa shape index (κ3) is 3.25. The molecule has 1 aromatic carbocycles. The van der Waals surface area contributed by atoms with Crippen LogP contribution >= 0.6 is 0 Å². The van der Waals surface area contributed by atoms with E-state index in [2.05, 4.69) is 0 Å². The Morgan fingerprint density at radius 3 is 2.64 bits per heavy atom. The number of carbonyl (C=O) groups is 1. The maximum atomic E-state index is 11.6. The Morgan fingerprint density at radius 1 is 1.41 bits per heavy atom. The number of hydrogen-bond donors (Lipinski definition) is 0. The lowest BCUT2D eigenvalue weighted by Crippen LogP contribution is -2.49. The van der Waals surface area contributed by atoms with Crippen LogP contribution in [0.2, 0.25) is 0 Å². The summed E-state index contributed by atoms with van der Waals surface area (Å²) in [6, 6.07) is 6.30. The molecule has 0 aromatic heterocycles. The normalized spacial score (nSPS) is 14.4. The van der Waals surface area contributed by atoms with Gasteiger partial charge in [-0.15, -0.1) is 0 Å². The molecule has 2 rings (SSSR count). The van der Waals surface area contributed by atoms with E-state index in [1.807, 2.05) is 11.0 Å². The first-order valence-corrected chi connectivity index (χ1v) is 6.92. The van der Waals surface area contributed by atoms with Gasteiger partial charge in [0.15, 0.2) is 0 Å². The minimum Gasteiger partial charge on any atom is -0.450 e. The molecule has 0 radical (unpaired) electrons. The van der Waals surface area contributed by atoms with E-state index in [1.165, 1.54) is 6.07 Å². The van der Waals surface area contributed by atoms with Crippen molar-refractivity contribution in [1.29, 1.82) is 5.26 Å². The van der Waals surface area contributed by atoms with Crippen LogP contribution in [0.15, 0.2) is 18.2 Å². The standard InChI is InChI=1S/C14H16N4O4/c1-2-22-14(19)17-7-5-16(6-8-17)12-4-3-11(10-15)9-13(12)18(20)21/h3-4,9H,2,5-8H2,1H3. The van der Waals surface area contributed by atoms with E-state index in [0.29, 0.717) is 38.5 Å². The summed E-state index contributed by atoms with van der Waals surface area (Å²) in [5, 5.41) is 20.0. The summed E-state index contributed by atoms with van der Waals surface area (Å²) in [4.78, 5) is 25.7. The number of nitro groups is 1. The number of nitrogens with zero attached hydrogens (tertiary/aromatic N) is 4. The molecule has 22 heavy (non-hydrogen) atoms. The summed E-state index contributed by atoms with van der Waals surface area (Å²) in [7, 11) is 0. The molecular formula is C14H16N4O4. The van der Waals surface area contributed by atoms with E-state index in [9.17, 15) is 14.9 Å². The van der Waals surface area contributed by atoms with Gasteiger partial charge in [0, 0.05) is 32.2 Å². The second-order valence-corrected chi connectivity index (χ2v) is 4.75. The lowest BCUT2D eigenvalue weighted by Gasteiger charge is -2.35. The van der Waals surface area contributed by atoms with E-state index in [4.69, 9.17) is 10.00 Å². The van der Waals surface area contributed by atoms with Gasteiger partial charge in [0.25, 0.3) is 5.69 Å². The van der Waals surface area contributed by atoms with Crippen molar-refractivity contribution >= 4 is 17.5 Å². The summed E-state index contributed by atoms with van der Waals surface area (Å²) in [5.41, 5.74) is 0.622. The van der Waals surface area contributed by atoms with Crippen LogP contribution in [0.25, 0.3) is 0 Å². The fraction of sp³-hybridized carbons (Fsp3) is 0.429. The minimum absolute atomic E-state index is 0.0939. The summed E-state index contributed by atoms with van der Waals surface area (Å²) >= 11 is 0. The fourth-order valence-corrected chi connectivity index (χ4v) is 2.35. The molecule has 1 fully saturated rings. The van der Waals surface area contributed by atoms with Gasteiger partial charge in [-0.25, -0.2) is 4.79 Å². The van der Waals surface area contributed by atoms with E-state index in [0.717, 1.165) is 0 Å². The molecular weight excluding hydrogens is 288 g/mol. The zero-order chi connectivity index (χ0) is 16.1. The minimum atomic E-state index is -0.492. The van der Waals surface area contributed by atoms with E-state index < -0.39 is 4.92 Å². The van der Waals surface area contributed by atoms with Crippen LogP contribution in [-0.4, -0.2) is 48.7 Å². The smallest absolute Gasteiger partial charge is 0.409 e. The van der Waals surface area contributed by atoms with Crippen molar-refractivity contribution in [3.8, 4) is 6.07 Å². The molecule has 0 aliphatic carbocycles. The topological polar surface area (TPSA) is 99.7 Å². The Balaban J connectivity index is 2.13. The molecule has 116 valence electrons. The van der Waals surface area contributed by atoms with Crippen LogP contribution < -0.4 is 4.90 Å². The van der Waals surface area contributed by atoms with Gasteiger partial charge in [-0.2, -0.15) is 5.26 Å². The van der Waals surface area contributed by atoms with Crippen molar-refractivity contribution in [1.82, 2.24) is 4.90 Å². The first kappa shape index (κ1) is 15.6. The van der Waals surface area contributed by atoms with E-state index in [-0.39, 0.29) is 17.3 Å². The predicted octanol–water partition coefficient (Wildman–Crippen LogP) is 1.74. The number of ether oxygens (including phenoxy) is 1. The first-order chi connectivity index (χ1) is 10.6. The molecule has 1 heterocycles. The van der Waals surface area contributed by atoms with Crippen molar-refractivity contribution in [3.63, 3.8) is 0 Å². The average Bonchev–Trinajstić information content (AvgIpc) is 2.54. The average molecular weight is 304 g/mol. The number of nitro benzene ring substituents is 1. The largest absolute Gasteiger partial charge is 0.450 e. The molecule has 1 aliphatic rings. The maximum Gasteiger partial charge on any atom is 0.409 e. The third-order valence-corrected chi connectivity index (χ3v) is 3.45. The molecule has 0 N–H and O–H groups in total. The van der Waals surface area contributed by atoms with E-state index in [1.54, 1.807) is 24.0 Å². The van der Waals surface area contributed by atoms with Crippen LogP contribution in [0.1, 0.15) is 12.5 Å². The molecule has 8 nitrogen and oxygen atoms in total. The highest BCUT2D eigenvalue weighted by atomic mass is 16.6. The maximum absolute atomic E-state index is 11.6. The molecule has 0 unspecified atom stereocenters. The second-order valence-electron chi connectivity index (χ2n) is 4.75. The van der Waals surface area contributed by atoms with Gasteiger partial charge in [0.05, 0.1) is 23.2 Å². The quantitative estimate of drug-likeness (QED) is 0.623. The fourth-order valence-electron chi connectivity index (χ4n) is 2.35. The molecule has 0 atom stereocenters. The van der Waals surface area contributed by atoms with Gasteiger partial charge < -0.3 is 14.5 Å². The highest BCUT2D eigenvalue weighted by molar-refractivity contribution is 5.69. The summed E-state index contributed by atoms with van der Waals surface area (Å²) in [5.74, 6) is 0. The zero-order valence-corrected chi connectivity index (χ0v) is 12.2. The van der Waals surface area contributed by atoms with Crippen LogP contribution in [0.5, 0.6) is 0 Å². The number of amides is 1. The number of hydrogen-bond acceptors (Lipinski definition) is 6. The molecule has 0 saturated carbocycles. The Morgan fingerprint density at radius 2 is 2.09 bits per heavy atom. The first-order valence-electron chi connectivity index (χ1n) is 6.92. The van der Waals surface area contributed by atoms with Gasteiger partial charge >= 0.3 is 6.09 Å². The predicted molar refractivity (Wildman–Crippen MR) is 78.6 cm³/mol. The zero-order valence-electron chi connectivity index (χ0n) is 12.2. The van der Waals surface area contributed by atoms with Crippen LogP contribution in [-0.2, 0) is 4.74 Å².